The van der Waals surface area contributed by atoms with Gasteiger partial charge in [-0.25, -0.2) is 4.79 Å². The van der Waals surface area contributed by atoms with E-state index in [0.717, 1.165) is 25.7 Å². The SMILES string of the molecule is C=C(CC(=O)OC)C(=O)OC1CCCCC1. The van der Waals surface area contributed by atoms with Gasteiger partial charge in [0.25, 0.3) is 0 Å². The molecule has 90 valence electrons. The summed E-state index contributed by atoms with van der Waals surface area (Å²) in [5, 5.41) is 0. The molecule has 0 aromatic heterocycles. The van der Waals surface area contributed by atoms with Crippen molar-refractivity contribution in [2.45, 2.75) is 44.6 Å². The van der Waals surface area contributed by atoms with Gasteiger partial charge in [0.2, 0.25) is 0 Å². The topological polar surface area (TPSA) is 52.6 Å². The second-order valence-corrected chi connectivity index (χ2v) is 4.02. The maximum atomic E-state index is 11.5. The standard InChI is InChI=1S/C12H18O4/c1-9(8-11(13)15-2)12(14)16-10-6-4-3-5-7-10/h10H,1,3-8H2,2H3. The van der Waals surface area contributed by atoms with Crippen LogP contribution in [0.25, 0.3) is 0 Å². The van der Waals surface area contributed by atoms with Crippen molar-refractivity contribution in [3.63, 3.8) is 0 Å². The number of ether oxygens (including phenoxy) is 2. The Bertz CT molecular complexity index is 277. The van der Waals surface area contributed by atoms with Crippen molar-refractivity contribution in [3.05, 3.63) is 12.2 Å². The Balaban J connectivity index is 2.33. The minimum Gasteiger partial charge on any atom is -0.469 e. The fourth-order valence-corrected chi connectivity index (χ4v) is 1.74. The number of methoxy groups -OCH3 is 1. The molecule has 0 N–H and O–H groups in total. The first-order valence-corrected chi connectivity index (χ1v) is 5.59. The molecular formula is C12H18O4. The molecule has 0 saturated heterocycles. The van der Waals surface area contributed by atoms with E-state index in [0.29, 0.717) is 0 Å². The van der Waals surface area contributed by atoms with Crippen LogP contribution in [0.3, 0.4) is 0 Å². The highest BCUT2D eigenvalue weighted by Crippen LogP contribution is 2.21. The lowest BCUT2D eigenvalue weighted by molar-refractivity contribution is -0.148. The van der Waals surface area contributed by atoms with Gasteiger partial charge in [0.1, 0.15) is 6.10 Å². The van der Waals surface area contributed by atoms with Gasteiger partial charge < -0.3 is 9.47 Å². The summed E-state index contributed by atoms with van der Waals surface area (Å²) in [5.74, 6) is -0.942. The van der Waals surface area contributed by atoms with E-state index >= 15 is 0 Å². The van der Waals surface area contributed by atoms with E-state index in [1.807, 2.05) is 0 Å². The maximum Gasteiger partial charge on any atom is 0.334 e. The van der Waals surface area contributed by atoms with Crippen molar-refractivity contribution in [1.82, 2.24) is 0 Å². The second kappa shape index (κ2) is 6.30. The first-order chi connectivity index (χ1) is 7.63. The van der Waals surface area contributed by atoms with Crippen molar-refractivity contribution < 1.29 is 19.1 Å². The lowest BCUT2D eigenvalue weighted by Gasteiger charge is -2.22. The lowest BCUT2D eigenvalue weighted by Crippen LogP contribution is -2.22. The van der Waals surface area contributed by atoms with Crippen LogP contribution in [0, 0.1) is 0 Å². The van der Waals surface area contributed by atoms with Crippen LogP contribution < -0.4 is 0 Å². The minimum absolute atomic E-state index is 0.00403. The van der Waals surface area contributed by atoms with Gasteiger partial charge in [0.15, 0.2) is 0 Å². The third-order valence-electron chi connectivity index (χ3n) is 2.70. The first kappa shape index (κ1) is 12.7. The number of carbonyl (C=O) groups excluding carboxylic acids is 2. The molecule has 1 aliphatic carbocycles. The number of carbonyl (C=O) groups is 2. The average Bonchev–Trinajstić information content (AvgIpc) is 2.30. The molecule has 4 nitrogen and oxygen atoms in total. The van der Waals surface area contributed by atoms with Gasteiger partial charge in [-0.3, -0.25) is 4.79 Å². The third-order valence-corrected chi connectivity index (χ3v) is 2.70. The Kier molecular flexibility index (Phi) is 5.02. The largest absolute Gasteiger partial charge is 0.469 e. The Labute approximate surface area is 95.6 Å². The molecule has 0 heterocycles. The average molecular weight is 226 g/mol. The van der Waals surface area contributed by atoms with Crippen LogP contribution >= 0.6 is 0 Å². The number of hydrogen-bond donors (Lipinski definition) is 0. The highest BCUT2D eigenvalue weighted by Gasteiger charge is 2.20. The van der Waals surface area contributed by atoms with Gasteiger partial charge in [0.05, 0.1) is 13.5 Å². The molecule has 1 fully saturated rings. The van der Waals surface area contributed by atoms with Crippen molar-refractivity contribution in [2.24, 2.45) is 0 Å². The number of hydrogen-bond acceptors (Lipinski definition) is 4. The van der Waals surface area contributed by atoms with E-state index in [9.17, 15) is 9.59 Å². The summed E-state index contributed by atoms with van der Waals surface area (Å²) in [7, 11) is 1.28. The molecule has 0 aromatic carbocycles. The fraction of sp³-hybridized carbons (Fsp3) is 0.667. The van der Waals surface area contributed by atoms with Crippen LogP contribution in [0.4, 0.5) is 0 Å². The predicted octanol–water partition coefficient (Wildman–Crippen LogP) is 1.98. The van der Waals surface area contributed by atoms with E-state index in [1.165, 1.54) is 13.5 Å². The molecular weight excluding hydrogens is 208 g/mol. The molecule has 0 atom stereocenters. The monoisotopic (exact) mass is 226 g/mol. The summed E-state index contributed by atoms with van der Waals surface area (Å²) in [6.45, 7) is 3.53. The molecule has 0 radical (unpaired) electrons. The summed E-state index contributed by atoms with van der Waals surface area (Å²) in [4.78, 5) is 22.5. The van der Waals surface area contributed by atoms with E-state index in [4.69, 9.17) is 4.74 Å². The van der Waals surface area contributed by atoms with Gasteiger partial charge in [-0.2, -0.15) is 0 Å². The molecule has 16 heavy (non-hydrogen) atoms. The number of rotatable bonds is 4. The number of esters is 2. The molecule has 4 heteroatoms. The first-order valence-electron chi connectivity index (χ1n) is 5.59. The highest BCUT2D eigenvalue weighted by molar-refractivity contribution is 5.93. The van der Waals surface area contributed by atoms with Gasteiger partial charge >= 0.3 is 11.9 Å². The van der Waals surface area contributed by atoms with Crippen molar-refractivity contribution in [2.75, 3.05) is 7.11 Å². The molecule has 0 amide bonds. The zero-order chi connectivity index (χ0) is 12.0. The van der Waals surface area contributed by atoms with Gasteiger partial charge in [0, 0.05) is 5.57 Å². The maximum absolute atomic E-state index is 11.5. The smallest absolute Gasteiger partial charge is 0.334 e. The zero-order valence-electron chi connectivity index (χ0n) is 9.66. The predicted molar refractivity (Wildman–Crippen MR) is 58.7 cm³/mol. The van der Waals surface area contributed by atoms with Gasteiger partial charge in [-0.1, -0.05) is 13.0 Å². The summed E-state index contributed by atoms with van der Waals surface area (Å²) in [5.41, 5.74) is 0.164. The summed E-state index contributed by atoms with van der Waals surface area (Å²) in [6, 6.07) is 0. The van der Waals surface area contributed by atoms with Crippen LogP contribution in [0.1, 0.15) is 38.5 Å². The second-order valence-electron chi connectivity index (χ2n) is 4.02. The van der Waals surface area contributed by atoms with Crippen LogP contribution in [0.15, 0.2) is 12.2 Å². The summed E-state index contributed by atoms with van der Waals surface area (Å²) >= 11 is 0. The van der Waals surface area contributed by atoms with Crippen LogP contribution in [-0.2, 0) is 19.1 Å². The molecule has 1 saturated carbocycles. The fourth-order valence-electron chi connectivity index (χ4n) is 1.74. The summed E-state index contributed by atoms with van der Waals surface area (Å²) in [6.07, 6.45) is 5.13. The van der Waals surface area contributed by atoms with E-state index < -0.39 is 11.9 Å². The Hall–Kier alpha value is -1.32. The summed E-state index contributed by atoms with van der Waals surface area (Å²) < 4.78 is 9.71. The molecule has 1 rings (SSSR count). The van der Waals surface area contributed by atoms with Gasteiger partial charge in [-0.15, -0.1) is 0 Å². The molecule has 0 aromatic rings. The van der Waals surface area contributed by atoms with E-state index in [1.54, 1.807) is 0 Å². The van der Waals surface area contributed by atoms with Crippen LogP contribution in [0.2, 0.25) is 0 Å². The van der Waals surface area contributed by atoms with Crippen molar-refractivity contribution in [3.8, 4) is 0 Å². The van der Waals surface area contributed by atoms with E-state index in [-0.39, 0.29) is 18.1 Å². The van der Waals surface area contributed by atoms with Crippen molar-refractivity contribution >= 4 is 11.9 Å². The molecule has 0 spiro atoms. The van der Waals surface area contributed by atoms with Crippen LogP contribution in [-0.4, -0.2) is 25.2 Å². The molecule has 0 bridgehead atoms. The molecule has 1 aliphatic rings. The zero-order valence-corrected chi connectivity index (χ0v) is 9.66. The van der Waals surface area contributed by atoms with Crippen molar-refractivity contribution in [1.29, 1.82) is 0 Å². The Morgan fingerprint density at radius 2 is 1.88 bits per heavy atom. The molecule has 0 aliphatic heterocycles. The third kappa shape index (κ3) is 4.04. The Morgan fingerprint density at radius 3 is 2.44 bits per heavy atom. The highest BCUT2D eigenvalue weighted by atomic mass is 16.5. The van der Waals surface area contributed by atoms with Gasteiger partial charge in [-0.05, 0) is 25.7 Å². The molecule has 0 unspecified atom stereocenters. The quantitative estimate of drug-likeness (QED) is 0.543. The van der Waals surface area contributed by atoms with E-state index in [2.05, 4.69) is 11.3 Å². The van der Waals surface area contributed by atoms with Crippen LogP contribution in [0.5, 0.6) is 0 Å². The normalized spacial score (nSPS) is 16.6. The minimum atomic E-state index is -0.475. The lowest BCUT2D eigenvalue weighted by atomic mass is 9.98. The Morgan fingerprint density at radius 1 is 1.25 bits per heavy atom.